The van der Waals surface area contributed by atoms with Gasteiger partial charge in [-0.2, -0.15) is 0 Å². The van der Waals surface area contributed by atoms with E-state index in [9.17, 15) is 19.3 Å². The van der Waals surface area contributed by atoms with E-state index in [1.54, 1.807) is 0 Å². The summed E-state index contributed by atoms with van der Waals surface area (Å²) in [6.45, 7) is 0. The van der Waals surface area contributed by atoms with Gasteiger partial charge in [0.25, 0.3) is 5.69 Å². The first-order chi connectivity index (χ1) is 10.5. The zero-order valence-corrected chi connectivity index (χ0v) is 11.0. The molecular weight excluding hydrogens is 291 g/mol. The number of benzene rings is 2. The van der Waals surface area contributed by atoms with Gasteiger partial charge in [-0.15, -0.1) is 0 Å². The quantitative estimate of drug-likeness (QED) is 0.506. The van der Waals surface area contributed by atoms with E-state index in [1.807, 2.05) is 5.32 Å². The molecule has 2 aromatic carbocycles. The van der Waals surface area contributed by atoms with Gasteiger partial charge in [0.2, 0.25) is 0 Å². The lowest BCUT2D eigenvalue weighted by molar-refractivity contribution is -0.383. The normalized spacial score (nSPS) is 9.50. The Morgan fingerprint density at radius 3 is 2.32 bits per heavy atom. The summed E-state index contributed by atoms with van der Waals surface area (Å²) >= 11 is 0. The number of halogens is 1. The highest BCUT2D eigenvalue weighted by Crippen LogP contribution is 2.25. The Labute approximate surface area is 124 Å². The van der Waals surface area contributed by atoms with Gasteiger partial charge in [0, 0.05) is 17.2 Å². The highest BCUT2D eigenvalue weighted by Gasteiger charge is 2.15. The molecule has 2 aromatic rings. The second kappa shape index (κ2) is 6.37. The largest absolute Gasteiger partial charge is 0.465 e. The number of nitro groups is 1. The Morgan fingerprint density at radius 1 is 1.14 bits per heavy atom. The number of rotatable bonds is 2. The van der Waals surface area contributed by atoms with Crippen molar-refractivity contribution in [1.82, 2.24) is 0 Å². The van der Waals surface area contributed by atoms with E-state index in [4.69, 9.17) is 5.11 Å². The molecule has 110 valence electrons. The number of nitrogens with zero attached hydrogens (tertiary/aromatic N) is 1. The Morgan fingerprint density at radius 2 is 1.73 bits per heavy atom. The molecule has 0 unspecified atom stereocenters. The highest BCUT2D eigenvalue weighted by atomic mass is 19.1. The molecule has 0 aromatic heterocycles. The monoisotopic (exact) mass is 300 g/mol. The van der Waals surface area contributed by atoms with Gasteiger partial charge in [0.1, 0.15) is 11.5 Å². The Bertz CT molecular complexity index is 791. The van der Waals surface area contributed by atoms with E-state index >= 15 is 0 Å². The molecular formula is C15H9FN2O4. The summed E-state index contributed by atoms with van der Waals surface area (Å²) in [6.07, 6.45) is -1.40. The smallest absolute Gasteiger partial charge is 0.409 e. The van der Waals surface area contributed by atoms with E-state index < -0.39 is 16.7 Å². The van der Waals surface area contributed by atoms with E-state index in [0.717, 1.165) is 0 Å². The SMILES string of the molecule is O=C(O)Nc1ccc(C#Cc2ccc(F)cc2)cc1[N+](=O)[O-]. The van der Waals surface area contributed by atoms with Crippen LogP contribution in [0.5, 0.6) is 0 Å². The molecule has 2 N–H and O–H groups in total. The van der Waals surface area contributed by atoms with Gasteiger partial charge in [-0.25, -0.2) is 9.18 Å². The number of amides is 1. The second-order valence-electron chi connectivity index (χ2n) is 4.18. The average molecular weight is 300 g/mol. The molecule has 0 saturated carbocycles. The van der Waals surface area contributed by atoms with Crippen molar-refractivity contribution in [3.05, 3.63) is 69.5 Å². The maximum atomic E-state index is 12.8. The minimum absolute atomic E-state index is 0.134. The van der Waals surface area contributed by atoms with E-state index in [-0.39, 0.29) is 11.5 Å². The Hall–Kier alpha value is -3.40. The van der Waals surface area contributed by atoms with Crippen LogP contribution in [0.1, 0.15) is 11.1 Å². The van der Waals surface area contributed by atoms with E-state index in [2.05, 4.69) is 11.8 Å². The molecule has 22 heavy (non-hydrogen) atoms. The van der Waals surface area contributed by atoms with Gasteiger partial charge >= 0.3 is 6.09 Å². The van der Waals surface area contributed by atoms with Gasteiger partial charge in [-0.1, -0.05) is 11.8 Å². The summed E-state index contributed by atoms with van der Waals surface area (Å²) in [5, 5.41) is 21.5. The number of hydrogen-bond acceptors (Lipinski definition) is 3. The summed E-state index contributed by atoms with van der Waals surface area (Å²) in [6, 6.07) is 9.37. The fourth-order valence-electron chi connectivity index (χ4n) is 1.66. The molecule has 0 aliphatic heterocycles. The average Bonchev–Trinajstić information content (AvgIpc) is 2.47. The van der Waals surface area contributed by atoms with Crippen LogP contribution in [0.4, 0.5) is 20.6 Å². The molecule has 0 radical (unpaired) electrons. The van der Waals surface area contributed by atoms with Crippen molar-refractivity contribution >= 4 is 17.5 Å². The zero-order chi connectivity index (χ0) is 16.1. The van der Waals surface area contributed by atoms with Crippen LogP contribution in [-0.2, 0) is 0 Å². The van der Waals surface area contributed by atoms with Gasteiger partial charge in [0.15, 0.2) is 0 Å². The first-order valence-electron chi connectivity index (χ1n) is 6.01. The van der Waals surface area contributed by atoms with Crippen molar-refractivity contribution in [3.8, 4) is 11.8 Å². The predicted octanol–water partition coefficient (Wildman–Crippen LogP) is 3.22. The van der Waals surface area contributed by atoms with Crippen molar-refractivity contribution in [2.75, 3.05) is 5.32 Å². The van der Waals surface area contributed by atoms with Crippen LogP contribution in [0.15, 0.2) is 42.5 Å². The number of anilines is 1. The lowest BCUT2D eigenvalue weighted by Gasteiger charge is -2.02. The molecule has 0 fully saturated rings. The van der Waals surface area contributed by atoms with Crippen molar-refractivity contribution < 1.29 is 19.2 Å². The van der Waals surface area contributed by atoms with Crippen LogP contribution >= 0.6 is 0 Å². The van der Waals surface area contributed by atoms with E-state index in [0.29, 0.717) is 11.1 Å². The fourth-order valence-corrected chi connectivity index (χ4v) is 1.66. The third-order valence-corrected chi connectivity index (χ3v) is 2.63. The highest BCUT2D eigenvalue weighted by molar-refractivity contribution is 5.86. The number of nitro benzene ring substituents is 1. The molecule has 0 bridgehead atoms. The van der Waals surface area contributed by atoms with Crippen molar-refractivity contribution in [2.24, 2.45) is 0 Å². The topological polar surface area (TPSA) is 92.5 Å². The van der Waals surface area contributed by atoms with Crippen LogP contribution in [0.25, 0.3) is 0 Å². The van der Waals surface area contributed by atoms with Crippen LogP contribution in [0.3, 0.4) is 0 Å². The lowest BCUT2D eigenvalue weighted by Crippen LogP contribution is -2.09. The fraction of sp³-hybridized carbons (Fsp3) is 0. The second-order valence-corrected chi connectivity index (χ2v) is 4.18. The molecule has 1 amide bonds. The van der Waals surface area contributed by atoms with Gasteiger partial charge in [-0.3, -0.25) is 15.4 Å². The Kier molecular flexibility index (Phi) is 4.34. The van der Waals surface area contributed by atoms with Crippen LogP contribution in [-0.4, -0.2) is 16.1 Å². The Balaban J connectivity index is 2.33. The molecule has 0 heterocycles. The van der Waals surface area contributed by atoms with Crippen molar-refractivity contribution in [3.63, 3.8) is 0 Å². The minimum Gasteiger partial charge on any atom is -0.465 e. The summed E-state index contributed by atoms with van der Waals surface area (Å²) < 4.78 is 12.8. The maximum Gasteiger partial charge on any atom is 0.409 e. The number of carbonyl (C=O) groups is 1. The molecule has 0 saturated heterocycles. The zero-order valence-electron chi connectivity index (χ0n) is 11.0. The van der Waals surface area contributed by atoms with Crippen molar-refractivity contribution in [1.29, 1.82) is 0 Å². The van der Waals surface area contributed by atoms with Crippen LogP contribution in [0, 0.1) is 27.8 Å². The summed E-state index contributed by atoms with van der Waals surface area (Å²) in [7, 11) is 0. The van der Waals surface area contributed by atoms with Gasteiger partial charge in [0.05, 0.1) is 4.92 Å². The maximum absolute atomic E-state index is 12.8. The van der Waals surface area contributed by atoms with E-state index in [1.165, 1.54) is 42.5 Å². The molecule has 0 aliphatic rings. The third kappa shape index (κ3) is 3.80. The number of hydrogen-bond donors (Lipinski definition) is 2. The first kappa shape index (κ1) is 15.0. The van der Waals surface area contributed by atoms with Crippen LogP contribution < -0.4 is 5.32 Å². The summed E-state index contributed by atoms with van der Waals surface area (Å²) in [4.78, 5) is 20.8. The third-order valence-electron chi connectivity index (χ3n) is 2.63. The summed E-state index contributed by atoms with van der Waals surface area (Å²) in [5.41, 5.74) is 0.363. The molecule has 7 heteroatoms. The molecule has 0 aliphatic carbocycles. The van der Waals surface area contributed by atoms with Crippen molar-refractivity contribution in [2.45, 2.75) is 0 Å². The minimum atomic E-state index is -1.40. The molecule has 6 nitrogen and oxygen atoms in total. The standard InChI is InChI=1S/C15H9FN2O4/c16-12-6-3-10(4-7-12)1-2-11-5-8-13(17-15(19)20)14(9-11)18(21)22/h3-9,17H,(H,19,20). The molecule has 0 spiro atoms. The van der Waals surface area contributed by atoms with Gasteiger partial charge in [-0.05, 0) is 36.4 Å². The predicted molar refractivity (Wildman–Crippen MR) is 77.1 cm³/mol. The van der Waals surface area contributed by atoms with Gasteiger partial charge < -0.3 is 5.11 Å². The van der Waals surface area contributed by atoms with Crippen LogP contribution in [0.2, 0.25) is 0 Å². The summed E-state index contributed by atoms with van der Waals surface area (Å²) in [5.74, 6) is 5.06. The molecule has 2 rings (SSSR count). The first-order valence-corrected chi connectivity index (χ1v) is 6.01. The lowest BCUT2D eigenvalue weighted by atomic mass is 10.1. The number of carboxylic acid groups (broad SMARTS) is 1. The number of nitrogens with one attached hydrogen (secondary N) is 1. The molecule has 0 atom stereocenters.